The smallest absolute Gasteiger partial charge is 0.142 e. The first kappa shape index (κ1) is 11.6. The van der Waals surface area contributed by atoms with Crippen molar-refractivity contribution in [2.24, 2.45) is 0 Å². The van der Waals surface area contributed by atoms with E-state index >= 15 is 0 Å². The number of nitrogens with zero attached hydrogens (tertiary/aromatic N) is 2. The molecule has 0 saturated heterocycles. The quantitative estimate of drug-likeness (QED) is 0.791. The van der Waals surface area contributed by atoms with Gasteiger partial charge >= 0.3 is 0 Å². The molecule has 0 fully saturated rings. The molecule has 0 spiro atoms. The fourth-order valence-corrected chi connectivity index (χ4v) is 1.88. The van der Waals surface area contributed by atoms with Gasteiger partial charge in [-0.15, -0.1) is 0 Å². The molecule has 0 aromatic rings. The van der Waals surface area contributed by atoms with E-state index in [4.69, 9.17) is 9.47 Å². The van der Waals surface area contributed by atoms with Gasteiger partial charge in [-0.2, -0.15) is 0 Å². The summed E-state index contributed by atoms with van der Waals surface area (Å²) >= 11 is 3.46. The zero-order valence-electron chi connectivity index (χ0n) is 9.02. The number of hydrogen-bond donors (Lipinski definition) is 0. The Morgan fingerprint density at radius 2 is 2.31 bits per heavy atom. The molecule has 0 N–H and O–H groups in total. The highest BCUT2D eigenvalue weighted by molar-refractivity contribution is 9.10. The van der Waals surface area contributed by atoms with Crippen molar-refractivity contribution < 1.29 is 9.47 Å². The topological polar surface area (TPSA) is 36.3 Å². The Morgan fingerprint density at radius 3 is 3.12 bits per heavy atom. The third-order valence-electron chi connectivity index (χ3n) is 2.26. The first-order chi connectivity index (χ1) is 7.83. The van der Waals surface area contributed by atoms with Gasteiger partial charge in [-0.05, 0) is 28.1 Å². The van der Waals surface area contributed by atoms with Gasteiger partial charge in [-0.25, -0.2) is 4.98 Å². The van der Waals surface area contributed by atoms with E-state index in [1.165, 1.54) is 0 Å². The zero-order valence-corrected chi connectivity index (χ0v) is 10.6. The van der Waals surface area contributed by atoms with Crippen molar-refractivity contribution in [2.75, 3.05) is 20.3 Å². The lowest BCUT2D eigenvalue weighted by Gasteiger charge is -2.11. The van der Waals surface area contributed by atoms with E-state index in [0.717, 1.165) is 15.9 Å². The van der Waals surface area contributed by atoms with Gasteiger partial charge in [-0.1, -0.05) is 0 Å². The minimum absolute atomic E-state index is 0.490. The molecule has 0 aromatic heterocycles. The lowest BCUT2D eigenvalue weighted by molar-refractivity contribution is 0.0343. The summed E-state index contributed by atoms with van der Waals surface area (Å²) < 4.78 is 13.4. The van der Waals surface area contributed by atoms with Crippen LogP contribution >= 0.6 is 15.9 Å². The van der Waals surface area contributed by atoms with E-state index in [1.807, 2.05) is 22.9 Å². The number of hydrogen-bond acceptors (Lipinski definition) is 3. The van der Waals surface area contributed by atoms with Crippen molar-refractivity contribution in [1.82, 2.24) is 9.55 Å². The Morgan fingerprint density at radius 1 is 1.44 bits per heavy atom. The van der Waals surface area contributed by atoms with E-state index in [-0.39, 0.29) is 0 Å². The monoisotopic (exact) mass is 284 g/mol. The average Bonchev–Trinajstić information content (AvgIpc) is 2.68. The molecule has 2 rings (SSSR count). The summed E-state index contributed by atoms with van der Waals surface area (Å²) in [4.78, 5) is 4.32. The summed E-state index contributed by atoms with van der Waals surface area (Å²) in [5.41, 5.74) is 1.10. The van der Waals surface area contributed by atoms with Crippen molar-refractivity contribution in [1.29, 1.82) is 0 Å². The van der Waals surface area contributed by atoms with Gasteiger partial charge in [0.1, 0.15) is 12.6 Å². The maximum absolute atomic E-state index is 5.46. The van der Waals surface area contributed by atoms with Gasteiger partial charge < -0.3 is 14.0 Å². The molecule has 0 aromatic carbocycles. The number of fused-ring (bicyclic) bond motifs is 1. The molecule has 0 saturated carbocycles. The number of halogens is 1. The zero-order chi connectivity index (χ0) is 11.4. The predicted molar refractivity (Wildman–Crippen MR) is 64.4 cm³/mol. The van der Waals surface area contributed by atoms with E-state index in [1.54, 1.807) is 13.3 Å². The molecule has 0 unspecified atom stereocenters. The molecule has 5 heteroatoms. The molecule has 16 heavy (non-hydrogen) atoms. The maximum atomic E-state index is 5.46. The van der Waals surface area contributed by atoms with Crippen molar-refractivity contribution >= 4 is 15.9 Å². The van der Waals surface area contributed by atoms with E-state index < -0.39 is 0 Å². The van der Waals surface area contributed by atoms with Crippen molar-refractivity contribution in [3.05, 3.63) is 29.0 Å². The maximum Gasteiger partial charge on any atom is 0.142 e. The van der Waals surface area contributed by atoms with Crippen LogP contribution in [-0.2, 0) is 16.2 Å². The number of aromatic nitrogens is 2. The highest BCUT2D eigenvalue weighted by Gasteiger charge is 2.11. The second-order valence-electron chi connectivity index (χ2n) is 3.35. The number of methoxy groups -OCH3 is 1. The molecule has 0 bridgehead atoms. The van der Waals surface area contributed by atoms with E-state index in [9.17, 15) is 0 Å². The van der Waals surface area contributed by atoms with Crippen LogP contribution in [0.3, 0.4) is 0 Å². The Kier molecular flexibility index (Phi) is 3.93. The lowest BCUT2D eigenvalue weighted by Crippen LogP contribution is -2.09. The molecule has 2 aliphatic heterocycles. The summed E-state index contributed by atoms with van der Waals surface area (Å²) in [5, 5.41) is 0. The normalized spacial score (nSPS) is 11.1. The van der Waals surface area contributed by atoms with Gasteiger partial charge in [0, 0.05) is 29.5 Å². The largest absolute Gasteiger partial charge is 0.382 e. The first-order valence-corrected chi connectivity index (χ1v) is 5.78. The number of pyridine rings is 1. The molecular weight excluding hydrogens is 272 g/mol. The third-order valence-corrected chi connectivity index (χ3v) is 2.89. The molecule has 0 aliphatic carbocycles. The van der Waals surface area contributed by atoms with Crippen molar-refractivity contribution in [3.63, 3.8) is 0 Å². The van der Waals surface area contributed by atoms with Crippen LogP contribution in [0.15, 0.2) is 29.0 Å². The number of rotatable bonds is 5. The van der Waals surface area contributed by atoms with Crippen LogP contribution in [0.5, 0.6) is 0 Å². The fourth-order valence-electron chi connectivity index (χ4n) is 1.47. The summed E-state index contributed by atoms with van der Waals surface area (Å²) in [7, 11) is 1.66. The Bertz CT molecular complexity index is 430. The van der Waals surface area contributed by atoms with Crippen LogP contribution in [0.25, 0.3) is 11.4 Å². The third kappa shape index (κ3) is 2.42. The van der Waals surface area contributed by atoms with Gasteiger partial charge in [0.25, 0.3) is 0 Å². The van der Waals surface area contributed by atoms with Crippen LogP contribution in [0.4, 0.5) is 0 Å². The summed E-state index contributed by atoms with van der Waals surface area (Å²) in [6, 6.07) is 4.01. The van der Waals surface area contributed by atoms with Crippen molar-refractivity contribution in [3.8, 4) is 11.4 Å². The summed E-state index contributed by atoms with van der Waals surface area (Å²) in [6.07, 6.45) is 3.75. The SMILES string of the molecule is COCCOCn1cccc2c(Br)cnc1-2. The Hall–Kier alpha value is -0.910. The molecule has 2 aliphatic rings. The standard InChI is InChI=1S/C11H13BrN2O2/c1-15-5-6-16-8-14-4-2-3-9-10(12)7-13-11(9)14/h2-4,7H,5-6,8H2,1H3. The molecule has 2 heterocycles. The second kappa shape index (κ2) is 5.43. The molecule has 4 nitrogen and oxygen atoms in total. The van der Waals surface area contributed by atoms with Crippen LogP contribution in [-0.4, -0.2) is 29.9 Å². The highest BCUT2D eigenvalue weighted by atomic mass is 79.9. The van der Waals surface area contributed by atoms with Crippen LogP contribution < -0.4 is 0 Å². The molecular formula is C11H13BrN2O2. The Labute approximate surface area is 103 Å². The summed E-state index contributed by atoms with van der Waals surface area (Å²) in [5.74, 6) is 0.923. The second-order valence-corrected chi connectivity index (χ2v) is 4.21. The van der Waals surface area contributed by atoms with Crippen molar-refractivity contribution in [2.45, 2.75) is 6.73 Å². The highest BCUT2D eigenvalue weighted by Crippen LogP contribution is 2.28. The number of ether oxygens (including phenoxy) is 2. The van der Waals surface area contributed by atoms with Crippen LogP contribution in [0.2, 0.25) is 0 Å². The fraction of sp³-hybridized carbons (Fsp3) is 0.364. The average molecular weight is 285 g/mol. The molecule has 0 radical (unpaired) electrons. The van der Waals surface area contributed by atoms with Crippen LogP contribution in [0.1, 0.15) is 0 Å². The van der Waals surface area contributed by atoms with Gasteiger partial charge in [0.15, 0.2) is 0 Å². The van der Waals surface area contributed by atoms with Gasteiger partial charge in [0.2, 0.25) is 0 Å². The first-order valence-electron chi connectivity index (χ1n) is 4.99. The van der Waals surface area contributed by atoms with E-state index in [2.05, 4.69) is 20.9 Å². The Balaban J connectivity index is 2.06. The van der Waals surface area contributed by atoms with Gasteiger partial charge in [0.05, 0.1) is 13.2 Å². The molecule has 86 valence electrons. The minimum atomic E-state index is 0.490. The van der Waals surface area contributed by atoms with Crippen LogP contribution in [0, 0.1) is 0 Å². The lowest BCUT2D eigenvalue weighted by atomic mass is 10.2. The van der Waals surface area contributed by atoms with Gasteiger partial charge in [-0.3, -0.25) is 0 Å². The predicted octanol–water partition coefficient (Wildman–Crippen LogP) is 2.37. The van der Waals surface area contributed by atoms with E-state index in [0.29, 0.717) is 19.9 Å². The summed E-state index contributed by atoms with van der Waals surface area (Å²) in [6.45, 7) is 1.68. The molecule has 0 atom stereocenters. The molecule has 0 amide bonds. The minimum Gasteiger partial charge on any atom is -0.382 e.